The van der Waals surface area contributed by atoms with Gasteiger partial charge < -0.3 is 14.7 Å². The molecule has 0 aliphatic heterocycles. The summed E-state index contributed by atoms with van der Waals surface area (Å²) < 4.78 is 5.63. The summed E-state index contributed by atoms with van der Waals surface area (Å²) in [7, 11) is 1.67. The zero-order chi connectivity index (χ0) is 15.2. The smallest absolute Gasteiger partial charge is 0.254 e. The zero-order valence-corrected chi connectivity index (χ0v) is 12.8. The normalized spacial score (nSPS) is 12.0. The number of aliphatic hydroxyl groups is 1. The standard InChI is InChI=1S/C15H18N2O3S/c1-11(7-18)17(2)15(19)12-4-3-5-14(6-12)20-8-13-9-21-10-16-13/h3-6,9-11,18H,7-8H2,1-2H3. The zero-order valence-electron chi connectivity index (χ0n) is 12.0. The minimum Gasteiger partial charge on any atom is -0.487 e. The van der Waals surface area contributed by atoms with Gasteiger partial charge in [0.1, 0.15) is 12.4 Å². The molecule has 0 aliphatic rings. The number of nitrogens with zero attached hydrogens (tertiary/aromatic N) is 2. The Labute approximate surface area is 127 Å². The Bertz CT molecular complexity index is 586. The molecule has 0 bridgehead atoms. The monoisotopic (exact) mass is 306 g/mol. The molecule has 1 amide bonds. The van der Waals surface area contributed by atoms with E-state index in [1.165, 1.54) is 16.2 Å². The quantitative estimate of drug-likeness (QED) is 0.888. The van der Waals surface area contributed by atoms with Crippen molar-refractivity contribution in [3.05, 3.63) is 46.4 Å². The van der Waals surface area contributed by atoms with E-state index in [4.69, 9.17) is 9.84 Å². The Morgan fingerprint density at radius 3 is 3.00 bits per heavy atom. The maximum absolute atomic E-state index is 12.3. The van der Waals surface area contributed by atoms with Gasteiger partial charge in [0.25, 0.3) is 5.91 Å². The van der Waals surface area contributed by atoms with Crippen molar-refractivity contribution in [1.82, 2.24) is 9.88 Å². The molecular formula is C15H18N2O3S. The van der Waals surface area contributed by atoms with Crippen LogP contribution in [0.4, 0.5) is 0 Å². The second-order valence-corrected chi connectivity index (χ2v) is 5.46. The molecule has 0 aliphatic carbocycles. The van der Waals surface area contributed by atoms with Crippen LogP contribution in [0.15, 0.2) is 35.2 Å². The molecule has 1 aromatic heterocycles. The van der Waals surface area contributed by atoms with Gasteiger partial charge in [0.05, 0.1) is 23.9 Å². The Morgan fingerprint density at radius 1 is 1.52 bits per heavy atom. The number of likely N-dealkylation sites (N-methyl/N-ethyl adjacent to an activating group) is 1. The average Bonchev–Trinajstić information content (AvgIpc) is 3.04. The molecule has 1 heterocycles. The Kier molecular flexibility index (Phi) is 5.30. The average molecular weight is 306 g/mol. The van der Waals surface area contributed by atoms with Crippen LogP contribution in [-0.4, -0.2) is 40.6 Å². The van der Waals surface area contributed by atoms with Gasteiger partial charge in [0.15, 0.2) is 0 Å². The minimum atomic E-state index is -0.225. The van der Waals surface area contributed by atoms with Crippen LogP contribution >= 0.6 is 11.3 Å². The summed E-state index contributed by atoms with van der Waals surface area (Å²) in [5.74, 6) is 0.481. The highest BCUT2D eigenvalue weighted by Crippen LogP contribution is 2.17. The molecule has 112 valence electrons. The van der Waals surface area contributed by atoms with Gasteiger partial charge in [-0.3, -0.25) is 4.79 Å². The Morgan fingerprint density at radius 2 is 2.33 bits per heavy atom. The number of hydrogen-bond acceptors (Lipinski definition) is 5. The van der Waals surface area contributed by atoms with Crippen LogP contribution in [0.25, 0.3) is 0 Å². The maximum atomic E-state index is 12.3. The van der Waals surface area contributed by atoms with Gasteiger partial charge in [-0.15, -0.1) is 11.3 Å². The lowest BCUT2D eigenvalue weighted by Crippen LogP contribution is -2.37. The molecule has 6 heteroatoms. The Balaban J connectivity index is 2.04. The van der Waals surface area contributed by atoms with Crippen LogP contribution in [0.1, 0.15) is 23.0 Å². The van der Waals surface area contributed by atoms with Gasteiger partial charge in [0.2, 0.25) is 0 Å². The molecular weight excluding hydrogens is 288 g/mol. The summed E-state index contributed by atoms with van der Waals surface area (Å²) in [6.07, 6.45) is 0. The number of thiazole rings is 1. The third kappa shape index (κ3) is 4.03. The van der Waals surface area contributed by atoms with Crippen molar-refractivity contribution in [1.29, 1.82) is 0 Å². The van der Waals surface area contributed by atoms with E-state index in [0.29, 0.717) is 17.9 Å². The van der Waals surface area contributed by atoms with Gasteiger partial charge in [-0.25, -0.2) is 4.98 Å². The molecule has 21 heavy (non-hydrogen) atoms. The number of ether oxygens (including phenoxy) is 1. The van der Waals surface area contributed by atoms with Crippen molar-refractivity contribution in [2.45, 2.75) is 19.6 Å². The van der Waals surface area contributed by atoms with Crippen LogP contribution < -0.4 is 4.74 Å². The third-order valence-corrected chi connectivity index (χ3v) is 3.83. The maximum Gasteiger partial charge on any atom is 0.254 e. The van der Waals surface area contributed by atoms with Crippen LogP contribution in [-0.2, 0) is 6.61 Å². The first-order valence-electron chi connectivity index (χ1n) is 6.59. The second kappa shape index (κ2) is 7.19. The van der Waals surface area contributed by atoms with Crippen molar-refractivity contribution in [3.63, 3.8) is 0 Å². The molecule has 5 nitrogen and oxygen atoms in total. The van der Waals surface area contributed by atoms with E-state index in [-0.39, 0.29) is 18.6 Å². The van der Waals surface area contributed by atoms with Crippen LogP contribution in [0.2, 0.25) is 0 Å². The third-order valence-electron chi connectivity index (χ3n) is 3.20. The summed E-state index contributed by atoms with van der Waals surface area (Å²) in [6, 6.07) is 6.80. The molecule has 0 fully saturated rings. The van der Waals surface area contributed by atoms with E-state index in [1.54, 1.807) is 43.7 Å². The fourth-order valence-electron chi connectivity index (χ4n) is 1.71. The van der Waals surface area contributed by atoms with E-state index >= 15 is 0 Å². The molecule has 1 atom stereocenters. The van der Waals surface area contributed by atoms with Crippen LogP contribution in [0, 0.1) is 0 Å². The molecule has 1 unspecified atom stereocenters. The van der Waals surface area contributed by atoms with Crippen molar-refractivity contribution in [2.75, 3.05) is 13.7 Å². The number of aromatic nitrogens is 1. The number of rotatable bonds is 6. The highest BCUT2D eigenvalue weighted by atomic mass is 32.1. The van der Waals surface area contributed by atoms with Gasteiger partial charge in [0, 0.05) is 18.0 Å². The minimum absolute atomic E-state index is 0.0672. The van der Waals surface area contributed by atoms with Crippen molar-refractivity contribution in [2.24, 2.45) is 0 Å². The van der Waals surface area contributed by atoms with Crippen molar-refractivity contribution in [3.8, 4) is 5.75 Å². The molecule has 0 saturated carbocycles. The molecule has 0 saturated heterocycles. The highest BCUT2D eigenvalue weighted by molar-refractivity contribution is 7.07. The number of carbonyl (C=O) groups is 1. The summed E-state index contributed by atoms with van der Waals surface area (Å²) in [5.41, 5.74) is 3.15. The highest BCUT2D eigenvalue weighted by Gasteiger charge is 2.17. The SMILES string of the molecule is CC(CO)N(C)C(=O)c1cccc(OCc2cscn2)c1. The van der Waals surface area contributed by atoms with E-state index in [1.807, 2.05) is 5.38 Å². The number of amides is 1. The fourth-order valence-corrected chi connectivity index (χ4v) is 2.25. The lowest BCUT2D eigenvalue weighted by Gasteiger charge is -2.23. The van der Waals surface area contributed by atoms with Gasteiger partial charge in [-0.1, -0.05) is 6.07 Å². The number of carbonyl (C=O) groups excluding carboxylic acids is 1. The predicted octanol–water partition coefficient (Wildman–Crippen LogP) is 2.17. The fraction of sp³-hybridized carbons (Fsp3) is 0.333. The first-order chi connectivity index (χ1) is 10.1. The van der Waals surface area contributed by atoms with Gasteiger partial charge >= 0.3 is 0 Å². The molecule has 1 aromatic carbocycles. The lowest BCUT2D eigenvalue weighted by atomic mass is 10.1. The molecule has 0 spiro atoms. The van der Waals surface area contributed by atoms with Crippen LogP contribution in [0.3, 0.4) is 0 Å². The number of aliphatic hydroxyl groups excluding tert-OH is 1. The molecule has 1 N–H and O–H groups in total. The predicted molar refractivity (Wildman–Crippen MR) is 81.5 cm³/mol. The van der Waals surface area contributed by atoms with E-state index in [2.05, 4.69) is 4.98 Å². The summed E-state index contributed by atoms with van der Waals surface area (Å²) in [5, 5.41) is 11.0. The first kappa shape index (κ1) is 15.5. The number of benzene rings is 1. The number of hydrogen-bond donors (Lipinski definition) is 1. The first-order valence-corrected chi connectivity index (χ1v) is 7.54. The molecule has 2 aromatic rings. The van der Waals surface area contributed by atoms with Crippen molar-refractivity contribution < 1.29 is 14.6 Å². The summed E-state index contributed by atoms with van der Waals surface area (Å²) >= 11 is 1.52. The van der Waals surface area contributed by atoms with Crippen LogP contribution in [0.5, 0.6) is 5.75 Å². The second-order valence-electron chi connectivity index (χ2n) is 4.74. The summed E-state index contributed by atoms with van der Waals surface area (Å²) in [4.78, 5) is 17.9. The van der Waals surface area contributed by atoms with E-state index < -0.39 is 0 Å². The Hall–Kier alpha value is -1.92. The van der Waals surface area contributed by atoms with Crippen molar-refractivity contribution >= 4 is 17.2 Å². The summed E-state index contributed by atoms with van der Waals surface area (Å²) in [6.45, 7) is 2.10. The largest absolute Gasteiger partial charge is 0.487 e. The van der Waals surface area contributed by atoms with Gasteiger partial charge in [-0.05, 0) is 25.1 Å². The molecule has 0 radical (unpaired) electrons. The lowest BCUT2D eigenvalue weighted by molar-refractivity contribution is 0.0681. The van der Waals surface area contributed by atoms with Gasteiger partial charge in [-0.2, -0.15) is 0 Å². The molecule has 2 rings (SSSR count). The topological polar surface area (TPSA) is 62.7 Å². The van der Waals surface area contributed by atoms with E-state index in [9.17, 15) is 4.79 Å². The van der Waals surface area contributed by atoms with E-state index in [0.717, 1.165) is 5.69 Å².